The van der Waals surface area contributed by atoms with Crippen LogP contribution in [0.4, 0.5) is 15.8 Å². The zero-order chi connectivity index (χ0) is 22.0. The second kappa shape index (κ2) is 8.92. The number of hydrogen-bond donors (Lipinski definition) is 0. The van der Waals surface area contributed by atoms with Gasteiger partial charge in [-0.2, -0.15) is 0 Å². The molecule has 162 valence electrons. The third kappa shape index (κ3) is 3.94. The van der Waals surface area contributed by atoms with Gasteiger partial charge in [-0.05, 0) is 75.1 Å². The van der Waals surface area contributed by atoms with E-state index in [1.54, 1.807) is 12.1 Å². The minimum atomic E-state index is -0.371. The van der Waals surface area contributed by atoms with Gasteiger partial charge in [-0.1, -0.05) is 12.1 Å². The summed E-state index contributed by atoms with van der Waals surface area (Å²) in [4.78, 5) is 32.5. The maximum Gasteiger partial charge on any atom is 0.282 e. The van der Waals surface area contributed by atoms with Crippen molar-refractivity contribution in [3.8, 4) is 0 Å². The van der Waals surface area contributed by atoms with Crippen LogP contribution in [0.5, 0.6) is 0 Å². The number of carbonyl (C=O) groups excluding carboxylic acids is 2. The summed E-state index contributed by atoms with van der Waals surface area (Å²) >= 11 is 0. The van der Waals surface area contributed by atoms with E-state index < -0.39 is 0 Å². The first kappa shape index (κ1) is 21.1. The van der Waals surface area contributed by atoms with E-state index in [9.17, 15) is 14.0 Å². The Labute approximate surface area is 182 Å². The molecule has 0 aromatic heterocycles. The summed E-state index contributed by atoms with van der Waals surface area (Å²) in [5.74, 6) is -1.03. The molecule has 0 radical (unpaired) electrons. The van der Waals surface area contributed by atoms with Crippen LogP contribution in [-0.4, -0.2) is 42.9 Å². The highest BCUT2D eigenvalue weighted by Gasteiger charge is 2.42. The van der Waals surface area contributed by atoms with Gasteiger partial charge in [0.15, 0.2) is 0 Å². The Bertz CT molecular complexity index is 988. The van der Waals surface area contributed by atoms with Crippen LogP contribution in [0.1, 0.15) is 38.7 Å². The number of imide groups is 1. The molecule has 31 heavy (non-hydrogen) atoms. The summed E-state index contributed by atoms with van der Waals surface area (Å²) in [6, 6.07) is 13.3. The predicted octanol–water partition coefficient (Wildman–Crippen LogP) is 4.44. The molecule has 0 unspecified atom stereocenters. The number of halogens is 1. The van der Waals surface area contributed by atoms with Crippen LogP contribution in [-0.2, 0) is 9.59 Å². The number of amides is 2. The minimum absolute atomic E-state index is 0.304. The summed E-state index contributed by atoms with van der Waals surface area (Å²) in [6.45, 7) is 7.44. The van der Waals surface area contributed by atoms with Crippen LogP contribution in [0.2, 0.25) is 0 Å². The van der Waals surface area contributed by atoms with Crippen molar-refractivity contribution in [2.75, 3.05) is 36.0 Å². The quantitative estimate of drug-likeness (QED) is 0.647. The van der Waals surface area contributed by atoms with E-state index in [4.69, 9.17) is 0 Å². The van der Waals surface area contributed by atoms with Gasteiger partial charge in [-0.15, -0.1) is 0 Å². The normalized spacial score (nSPS) is 17.0. The number of benzene rings is 2. The highest BCUT2D eigenvalue weighted by Crippen LogP contribution is 2.36. The lowest BCUT2D eigenvalue weighted by Crippen LogP contribution is -2.37. The largest absolute Gasteiger partial charge is 0.372 e. The molecule has 2 heterocycles. The summed E-state index contributed by atoms with van der Waals surface area (Å²) < 4.78 is 13.5. The molecule has 0 saturated carbocycles. The first-order valence-corrected chi connectivity index (χ1v) is 11.0. The first-order valence-electron chi connectivity index (χ1n) is 11.0. The van der Waals surface area contributed by atoms with E-state index in [1.807, 2.05) is 29.2 Å². The summed E-state index contributed by atoms with van der Waals surface area (Å²) in [5, 5.41) is 0. The van der Waals surface area contributed by atoms with Crippen molar-refractivity contribution in [1.29, 1.82) is 0 Å². The number of hydrogen-bond acceptors (Lipinski definition) is 4. The highest BCUT2D eigenvalue weighted by atomic mass is 19.1. The number of rotatable bonds is 6. The minimum Gasteiger partial charge on any atom is -0.372 e. The Kier molecular flexibility index (Phi) is 6.07. The summed E-state index contributed by atoms with van der Waals surface area (Å²) in [7, 11) is 0. The molecule has 2 aromatic rings. The molecule has 0 N–H and O–H groups in total. The number of anilines is 2. The number of nitrogens with zero attached hydrogens (tertiary/aromatic N) is 3. The number of piperidine rings is 1. The molecular weight excluding hydrogens is 393 g/mol. The Balaban J connectivity index is 1.73. The lowest BCUT2D eigenvalue weighted by Gasteiger charge is -2.29. The average molecular weight is 422 g/mol. The van der Waals surface area contributed by atoms with Gasteiger partial charge >= 0.3 is 0 Å². The van der Waals surface area contributed by atoms with Crippen LogP contribution in [0.25, 0.3) is 5.57 Å². The van der Waals surface area contributed by atoms with Crippen LogP contribution in [0.15, 0.2) is 54.2 Å². The fourth-order valence-electron chi connectivity index (χ4n) is 4.44. The van der Waals surface area contributed by atoms with Crippen molar-refractivity contribution in [3.63, 3.8) is 0 Å². The van der Waals surface area contributed by atoms with Crippen LogP contribution in [0, 0.1) is 5.82 Å². The van der Waals surface area contributed by atoms with Gasteiger partial charge in [0.05, 0.1) is 11.3 Å². The molecule has 5 nitrogen and oxygen atoms in total. The van der Waals surface area contributed by atoms with E-state index in [0.29, 0.717) is 22.5 Å². The standard InChI is InChI=1S/C25H28FN3O2/c1-3-27(4-2)20-12-14-21(15-13-20)29-24(30)22(18-8-10-19(26)11-9-18)23(25(29)31)28-16-6-5-7-17-28/h8-15H,3-7,16-17H2,1-2H3. The van der Waals surface area contributed by atoms with Crippen LogP contribution >= 0.6 is 0 Å². The fourth-order valence-corrected chi connectivity index (χ4v) is 4.44. The van der Waals surface area contributed by atoms with Gasteiger partial charge in [0.25, 0.3) is 11.8 Å². The Morgan fingerprint density at radius 2 is 1.45 bits per heavy atom. The molecule has 1 saturated heterocycles. The fraction of sp³-hybridized carbons (Fsp3) is 0.360. The molecule has 2 aliphatic heterocycles. The zero-order valence-electron chi connectivity index (χ0n) is 18.1. The van der Waals surface area contributed by atoms with Gasteiger partial charge in [0.2, 0.25) is 0 Å². The number of carbonyl (C=O) groups is 2. The third-order valence-corrected chi connectivity index (χ3v) is 6.10. The average Bonchev–Trinajstić information content (AvgIpc) is 3.06. The Morgan fingerprint density at radius 1 is 0.839 bits per heavy atom. The van der Waals surface area contributed by atoms with Gasteiger partial charge in [-0.25, -0.2) is 9.29 Å². The molecule has 2 aromatic carbocycles. The van der Waals surface area contributed by atoms with Gasteiger partial charge in [0, 0.05) is 31.9 Å². The molecule has 4 rings (SSSR count). The Morgan fingerprint density at radius 3 is 2.03 bits per heavy atom. The maximum atomic E-state index is 13.5. The van der Waals surface area contributed by atoms with Gasteiger partial charge < -0.3 is 9.80 Å². The third-order valence-electron chi connectivity index (χ3n) is 6.10. The van der Waals surface area contributed by atoms with Crippen molar-refractivity contribution in [2.24, 2.45) is 0 Å². The first-order chi connectivity index (χ1) is 15.0. The summed E-state index contributed by atoms with van der Waals surface area (Å²) in [6.07, 6.45) is 3.09. The van der Waals surface area contributed by atoms with Crippen molar-refractivity contribution in [2.45, 2.75) is 33.1 Å². The lowest BCUT2D eigenvalue weighted by atomic mass is 10.0. The molecule has 0 spiro atoms. The molecule has 2 aliphatic rings. The van der Waals surface area contributed by atoms with E-state index in [-0.39, 0.29) is 17.6 Å². The second-order valence-corrected chi connectivity index (χ2v) is 7.91. The molecule has 0 aliphatic carbocycles. The highest BCUT2D eigenvalue weighted by molar-refractivity contribution is 6.45. The van der Waals surface area contributed by atoms with Crippen LogP contribution in [0.3, 0.4) is 0 Å². The molecule has 1 fully saturated rings. The SMILES string of the molecule is CCN(CC)c1ccc(N2C(=O)C(c3ccc(F)cc3)=C(N3CCCCC3)C2=O)cc1. The van der Waals surface area contributed by atoms with Crippen molar-refractivity contribution in [3.05, 3.63) is 65.6 Å². The molecule has 2 amide bonds. The molecule has 0 bridgehead atoms. The Hall–Kier alpha value is -3.15. The summed E-state index contributed by atoms with van der Waals surface area (Å²) in [5.41, 5.74) is 2.97. The second-order valence-electron chi connectivity index (χ2n) is 7.91. The lowest BCUT2D eigenvalue weighted by molar-refractivity contribution is -0.120. The molecule has 6 heteroatoms. The predicted molar refractivity (Wildman–Crippen MR) is 121 cm³/mol. The number of likely N-dealkylation sites (tertiary alicyclic amines) is 1. The van der Waals surface area contributed by atoms with Gasteiger partial charge in [-0.3, -0.25) is 9.59 Å². The van der Waals surface area contributed by atoms with E-state index >= 15 is 0 Å². The van der Waals surface area contributed by atoms with E-state index in [1.165, 1.54) is 17.0 Å². The topological polar surface area (TPSA) is 43.9 Å². The van der Waals surface area contributed by atoms with Crippen molar-refractivity contribution >= 4 is 28.8 Å². The molecule has 0 atom stereocenters. The monoisotopic (exact) mass is 421 g/mol. The van der Waals surface area contributed by atoms with Gasteiger partial charge in [0.1, 0.15) is 11.5 Å². The van der Waals surface area contributed by atoms with E-state index in [0.717, 1.165) is 51.1 Å². The van der Waals surface area contributed by atoms with Crippen molar-refractivity contribution < 1.29 is 14.0 Å². The van der Waals surface area contributed by atoms with E-state index in [2.05, 4.69) is 18.7 Å². The molecular formula is C25H28FN3O2. The van der Waals surface area contributed by atoms with Crippen LogP contribution < -0.4 is 9.80 Å². The smallest absolute Gasteiger partial charge is 0.282 e. The zero-order valence-corrected chi connectivity index (χ0v) is 18.1. The maximum absolute atomic E-state index is 13.5. The van der Waals surface area contributed by atoms with Crippen molar-refractivity contribution in [1.82, 2.24) is 4.90 Å².